The van der Waals surface area contributed by atoms with Crippen LogP contribution in [0.3, 0.4) is 0 Å². The predicted octanol–water partition coefficient (Wildman–Crippen LogP) is 3.25. The van der Waals surface area contributed by atoms with Crippen LogP contribution >= 0.6 is 23.4 Å². The van der Waals surface area contributed by atoms with Crippen LogP contribution in [-0.2, 0) is 0 Å². The van der Waals surface area contributed by atoms with Crippen LogP contribution in [0.1, 0.15) is 20.3 Å². The van der Waals surface area contributed by atoms with Crippen molar-refractivity contribution in [3.05, 3.63) is 0 Å². The number of thioether (sulfide) groups is 1. The van der Waals surface area contributed by atoms with E-state index in [1.54, 1.807) is 0 Å². The van der Waals surface area contributed by atoms with Crippen LogP contribution in [-0.4, -0.2) is 17.9 Å². The SMILES string of the molecule is CSCCC(CCl)C(C)C. The van der Waals surface area contributed by atoms with Gasteiger partial charge in [-0.2, -0.15) is 11.8 Å². The van der Waals surface area contributed by atoms with Gasteiger partial charge in [0.2, 0.25) is 0 Å². The van der Waals surface area contributed by atoms with E-state index >= 15 is 0 Å². The predicted molar refractivity (Wildman–Crippen MR) is 52.0 cm³/mol. The minimum absolute atomic E-state index is 0.717. The minimum atomic E-state index is 0.717. The molecule has 0 aromatic heterocycles. The van der Waals surface area contributed by atoms with Gasteiger partial charge in [-0.1, -0.05) is 13.8 Å². The van der Waals surface area contributed by atoms with Gasteiger partial charge < -0.3 is 0 Å². The highest BCUT2D eigenvalue weighted by Gasteiger charge is 2.10. The summed E-state index contributed by atoms with van der Waals surface area (Å²) in [6.07, 6.45) is 3.41. The van der Waals surface area contributed by atoms with Crippen LogP contribution in [0.4, 0.5) is 0 Å². The van der Waals surface area contributed by atoms with E-state index in [-0.39, 0.29) is 0 Å². The fraction of sp³-hybridized carbons (Fsp3) is 1.00. The largest absolute Gasteiger partial charge is 0.165 e. The van der Waals surface area contributed by atoms with E-state index in [4.69, 9.17) is 11.6 Å². The van der Waals surface area contributed by atoms with Crippen LogP contribution in [0.15, 0.2) is 0 Å². The Morgan fingerprint density at radius 3 is 2.30 bits per heavy atom. The molecule has 1 atom stereocenters. The number of alkyl halides is 1. The van der Waals surface area contributed by atoms with E-state index in [0.29, 0.717) is 5.92 Å². The van der Waals surface area contributed by atoms with Gasteiger partial charge in [0.25, 0.3) is 0 Å². The molecule has 0 aliphatic carbocycles. The van der Waals surface area contributed by atoms with E-state index in [1.807, 2.05) is 11.8 Å². The van der Waals surface area contributed by atoms with Gasteiger partial charge in [0.15, 0.2) is 0 Å². The molecule has 62 valence electrons. The Kier molecular flexibility index (Phi) is 6.76. The second kappa shape index (κ2) is 6.36. The first kappa shape index (κ1) is 10.6. The molecule has 10 heavy (non-hydrogen) atoms. The summed E-state index contributed by atoms with van der Waals surface area (Å²) in [5.41, 5.74) is 0. The van der Waals surface area contributed by atoms with E-state index in [0.717, 1.165) is 11.8 Å². The van der Waals surface area contributed by atoms with Crippen molar-refractivity contribution < 1.29 is 0 Å². The Balaban J connectivity index is 3.40. The molecule has 0 heterocycles. The maximum absolute atomic E-state index is 5.79. The summed E-state index contributed by atoms with van der Waals surface area (Å²) in [5.74, 6) is 3.52. The summed E-state index contributed by atoms with van der Waals surface area (Å²) in [5, 5.41) is 0. The lowest BCUT2D eigenvalue weighted by Gasteiger charge is -2.16. The zero-order valence-corrected chi connectivity index (χ0v) is 8.63. The van der Waals surface area contributed by atoms with Gasteiger partial charge in [-0.15, -0.1) is 11.6 Å². The molecule has 0 spiro atoms. The Bertz CT molecular complexity index is 73.7. The van der Waals surface area contributed by atoms with E-state index < -0.39 is 0 Å². The van der Waals surface area contributed by atoms with Crippen molar-refractivity contribution in [2.45, 2.75) is 20.3 Å². The zero-order chi connectivity index (χ0) is 7.98. The molecule has 0 N–H and O–H groups in total. The molecule has 1 unspecified atom stereocenters. The average molecular weight is 181 g/mol. The van der Waals surface area contributed by atoms with Gasteiger partial charge in [0.1, 0.15) is 0 Å². The monoisotopic (exact) mass is 180 g/mol. The van der Waals surface area contributed by atoms with Crippen molar-refractivity contribution >= 4 is 23.4 Å². The molecule has 0 saturated heterocycles. The lowest BCUT2D eigenvalue weighted by Crippen LogP contribution is -2.11. The lowest BCUT2D eigenvalue weighted by atomic mass is 9.95. The van der Waals surface area contributed by atoms with Gasteiger partial charge in [-0.3, -0.25) is 0 Å². The molecule has 0 fully saturated rings. The Labute approximate surface area is 73.7 Å². The second-order valence-corrected chi connectivity index (χ2v) is 4.23. The first-order valence-electron chi connectivity index (χ1n) is 3.77. The fourth-order valence-corrected chi connectivity index (χ4v) is 1.91. The molecule has 0 bridgehead atoms. The first-order valence-corrected chi connectivity index (χ1v) is 5.70. The average Bonchev–Trinajstić information content (AvgIpc) is 1.89. The summed E-state index contributed by atoms with van der Waals surface area (Å²) in [4.78, 5) is 0. The smallest absolute Gasteiger partial charge is 0.0254 e. The maximum Gasteiger partial charge on any atom is 0.0254 e. The van der Waals surface area contributed by atoms with Gasteiger partial charge in [0.05, 0.1) is 0 Å². The summed E-state index contributed by atoms with van der Waals surface area (Å²) in [7, 11) is 0. The Morgan fingerprint density at radius 2 is 2.00 bits per heavy atom. The third kappa shape index (κ3) is 4.45. The Hall–Kier alpha value is 0.640. The topological polar surface area (TPSA) is 0 Å². The first-order chi connectivity index (χ1) is 4.72. The highest BCUT2D eigenvalue weighted by molar-refractivity contribution is 7.98. The van der Waals surface area contributed by atoms with E-state index in [1.165, 1.54) is 12.2 Å². The van der Waals surface area contributed by atoms with Crippen molar-refractivity contribution in [3.63, 3.8) is 0 Å². The summed E-state index contributed by atoms with van der Waals surface area (Å²) >= 11 is 7.69. The molecule has 2 heteroatoms. The highest BCUT2D eigenvalue weighted by atomic mass is 35.5. The molecular weight excluding hydrogens is 164 g/mol. The van der Waals surface area contributed by atoms with Gasteiger partial charge >= 0.3 is 0 Å². The van der Waals surface area contributed by atoms with Crippen LogP contribution in [0.25, 0.3) is 0 Å². The molecule has 0 amide bonds. The molecular formula is C8H17ClS. The van der Waals surface area contributed by atoms with Crippen molar-refractivity contribution in [1.82, 2.24) is 0 Å². The van der Waals surface area contributed by atoms with E-state index in [9.17, 15) is 0 Å². The molecule has 0 saturated carbocycles. The van der Waals surface area contributed by atoms with Crippen molar-refractivity contribution in [2.75, 3.05) is 17.9 Å². The second-order valence-electron chi connectivity index (χ2n) is 2.94. The van der Waals surface area contributed by atoms with Gasteiger partial charge in [-0.05, 0) is 30.3 Å². The van der Waals surface area contributed by atoms with Crippen LogP contribution in [0, 0.1) is 11.8 Å². The van der Waals surface area contributed by atoms with Gasteiger partial charge in [0, 0.05) is 5.88 Å². The van der Waals surface area contributed by atoms with Crippen LogP contribution in [0.2, 0.25) is 0 Å². The Morgan fingerprint density at radius 1 is 1.40 bits per heavy atom. The summed E-state index contributed by atoms with van der Waals surface area (Å²) in [6.45, 7) is 4.49. The van der Waals surface area contributed by atoms with Gasteiger partial charge in [-0.25, -0.2) is 0 Å². The molecule has 0 aliphatic rings. The fourth-order valence-electron chi connectivity index (χ4n) is 0.858. The highest BCUT2D eigenvalue weighted by Crippen LogP contribution is 2.18. The number of halogens is 1. The van der Waals surface area contributed by atoms with Crippen molar-refractivity contribution in [1.29, 1.82) is 0 Å². The summed E-state index contributed by atoms with van der Waals surface area (Å²) in [6, 6.07) is 0. The maximum atomic E-state index is 5.79. The third-order valence-electron chi connectivity index (χ3n) is 1.83. The molecule has 0 aromatic rings. The number of hydrogen-bond donors (Lipinski definition) is 0. The van der Waals surface area contributed by atoms with Crippen LogP contribution in [0.5, 0.6) is 0 Å². The molecule has 0 aliphatic heterocycles. The number of rotatable bonds is 5. The molecule has 0 rings (SSSR count). The van der Waals surface area contributed by atoms with Crippen LogP contribution < -0.4 is 0 Å². The molecule has 0 radical (unpaired) electrons. The molecule has 0 nitrogen and oxygen atoms in total. The normalized spacial score (nSPS) is 14.1. The zero-order valence-electron chi connectivity index (χ0n) is 7.06. The van der Waals surface area contributed by atoms with Crippen molar-refractivity contribution in [2.24, 2.45) is 11.8 Å². The minimum Gasteiger partial charge on any atom is -0.165 e. The summed E-state index contributed by atoms with van der Waals surface area (Å²) < 4.78 is 0. The lowest BCUT2D eigenvalue weighted by molar-refractivity contribution is 0.415. The quantitative estimate of drug-likeness (QED) is 0.586. The van der Waals surface area contributed by atoms with E-state index in [2.05, 4.69) is 20.1 Å². The number of hydrogen-bond acceptors (Lipinski definition) is 1. The van der Waals surface area contributed by atoms with Crippen molar-refractivity contribution in [3.8, 4) is 0 Å². The standard InChI is InChI=1S/C8H17ClS/c1-7(2)8(6-9)4-5-10-3/h7-8H,4-6H2,1-3H3. The third-order valence-corrected chi connectivity index (χ3v) is 2.87. The molecule has 0 aromatic carbocycles.